The van der Waals surface area contributed by atoms with Crippen molar-refractivity contribution >= 4 is 52.2 Å². The molecule has 0 radical (unpaired) electrons. The number of pyridine rings is 1. The van der Waals surface area contributed by atoms with Crippen LogP contribution in [-0.2, 0) is 9.53 Å². The molecule has 2 aromatic rings. The fourth-order valence-electron chi connectivity index (χ4n) is 2.43. The maximum atomic E-state index is 12.8. The van der Waals surface area contributed by atoms with Crippen molar-refractivity contribution in [2.45, 2.75) is 0 Å². The van der Waals surface area contributed by atoms with Gasteiger partial charge in [0, 0.05) is 18.9 Å². The van der Waals surface area contributed by atoms with E-state index in [9.17, 15) is 9.59 Å². The largest absolute Gasteiger partial charge is 0.465 e. The number of benzene rings is 1. The number of carbonyl (C=O) groups excluding carboxylic acids is 2. The molecule has 0 saturated carbocycles. The van der Waals surface area contributed by atoms with Crippen LogP contribution in [0.3, 0.4) is 0 Å². The van der Waals surface area contributed by atoms with E-state index in [4.69, 9.17) is 11.6 Å². The molecule has 1 aromatic carbocycles. The predicted octanol–water partition coefficient (Wildman–Crippen LogP) is 4.31. The summed E-state index contributed by atoms with van der Waals surface area (Å²) in [7, 11) is 1.33. The van der Waals surface area contributed by atoms with Crippen molar-refractivity contribution < 1.29 is 14.3 Å². The second-order valence-electron chi connectivity index (χ2n) is 5.65. The van der Waals surface area contributed by atoms with E-state index >= 15 is 0 Å². The molecular weight excluding hydrogens is 398 g/mol. The van der Waals surface area contributed by atoms with Crippen LogP contribution in [0.15, 0.2) is 65.3 Å². The van der Waals surface area contributed by atoms with E-state index in [1.165, 1.54) is 30.0 Å². The molecule has 2 heterocycles. The van der Waals surface area contributed by atoms with Crippen molar-refractivity contribution in [3.8, 4) is 0 Å². The number of amidine groups is 1. The highest BCUT2D eigenvalue weighted by molar-refractivity contribution is 8.18. The third-order valence-corrected chi connectivity index (χ3v) is 5.09. The smallest absolute Gasteiger partial charge is 0.337 e. The highest BCUT2D eigenvalue weighted by Crippen LogP contribution is 2.35. The Hall–Kier alpha value is -2.90. The SMILES string of the molecule is C=CCN1C(=O)/C(=C/c2ccc(C(=O)OC)cc2)SC1=Nc1ccncc1Cl. The molecule has 142 valence electrons. The van der Waals surface area contributed by atoms with Crippen molar-refractivity contribution in [2.24, 2.45) is 4.99 Å². The van der Waals surface area contributed by atoms with Crippen molar-refractivity contribution in [1.29, 1.82) is 0 Å². The fraction of sp³-hybridized carbons (Fsp3) is 0.100. The Labute approximate surface area is 171 Å². The van der Waals surface area contributed by atoms with Crippen LogP contribution in [0.4, 0.5) is 5.69 Å². The highest BCUT2D eigenvalue weighted by Gasteiger charge is 2.32. The number of hydrogen-bond donors (Lipinski definition) is 0. The quantitative estimate of drug-likeness (QED) is 0.415. The number of aliphatic imine (C=N–C) groups is 1. The average Bonchev–Trinajstić information content (AvgIpc) is 2.99. The predicted molar refractivity (Wildman–Crippen MR) is 112 cm³/mol. The van der Waals surface area contributed by atoms with E-state index in [0.29, 0.717) is 32.9 Å². The molecule has 3 rings (SSSR count). The summed E-state index contributed by atoms with van der Waals surface area (Å²) in [6, 6.07) is 8.48. The molecule has 1 aliphatic heterocycles. The molecule has 0 unspecified atom stereocenters. The lowest BCUT2D eigenvalue weighted by molar-refractivity contribution is -0.121. The Balaban J connectivity index is 1.91. The molecule has 0 bridgehead atoms. The molecule has 1 saturated heterocycles. The molecule has 0 atom stereocenters. The summed E-state index contributed by atoms with van der Waals surface area (Å²) >= 11 is 7.38. The minimum atomic E-state index is -0.411. The van der Waals surface area contributed by atoms with E-state index in [0.717, 1.165) is 5.56 Å². The normalized spacial score (nSPS) is 16.6. The van der Waals surface area contributed by atoms with Gasteiger partial charge in [0.25, 0.3) is 5.91 Å². The van der Waals surface area contributed by atoms with Gasteiger partial charge in [0.2, 0.25) is 0 Å². The number of carbonyl (C=O) groups is 2. The van der Waals surface area contributed by atoms with E-state index in [1.54, 1.807) is 48.7 Å². The summed E-state index contributed by atoms with van der Waals surface area (Å²) in [6.07, 6.45) is 6.47. The molecular formula is C20H16ClN3O3S. The van der Waals surface area contributed by atoms with Crippen LogP contribution < -0.4 is 0 Å². The highest BCUT2D eigenvalue weighted by atomic mass is 35.5. The summed E-state index contributed by atoms with van der Waals surface area (Å²) < 4.78 is 4.69. The van der Waals surface area contributed by atoms with E-state index in [-0.39, 0.29) is 5.91 Å². The van der Waals surface area contributed by atoms with Gasteiger partial charge in [-0.2, -0.15) is 0 Å². The lowest BCUT2D eigenvalue weighted by atomic mass is 10.1. The number of aromatic nitrogens is 1. The standard InChI is InChI=1S/C20H16ClN3O3S/c1-3-10-24-18(25)17(11-13-4-6-14(7-5-13)19(26)27-2)28-20(24)23-16-8-9-22-12-15(16)21/h3-9,11-12H,1,10H2,2H3/b17-11-,23-20?. The average molecular weight is 414 g/mol. The maximum Gasteiger partial charge on any atom is 0.337 e. The van der Waals surface area contributed by atoms with Crippen LogP contribution >= 0.6 is 23.4 Å². The third kappa shape index (κ3) is 4.32. The Morgan fingerprint density at radius 1 is 1.36 bits per heavy atom. The minimum Gasteiger partial charge on any atom is -0.465 e. The van der Waals surface area contributed by atoms with Crippen LogP contribution in [0.1, 0.15) is 15.9 Å². The summed E-state index contributed by atoms with van der Waals surface area (Å²) in [6.45, 7) is 4.03. The zero-order valence-electron chi connectivity index (χ0n) is 15.0. The number of thioether (sulfide) groups is 1. The Bertz CT molecular complexity index is 986. The molecule has 1 aliphatic rings. The molecule has 6 nitrogen and oxygen atoms in total. The Kier molecular flexibility index (Phi) is 6.28. The summed E-state index contributed by atoms with van der Waals surface area (Å²) in [5.74, 6) is -0.586. The number of hydrogen-bond acceptors (Lipinski definition) is 6. The van der Waals surface area contributed by atoms with Crippen LogP contribution in [0.2, 0.25) is 5.02 Å². The first-order valence-corrected chi connectivity index (χ1v) is 9.42. The summed E-state index contributed by atoms with van der Waals surface area (Å²) in [5.41, 5.74) is 1.76. The minimum absolute atomic E-state index is 0.175. The van der Waals surface area contributed by atoms with Gasteiger partial charge < -0.3 is 4.74 Å². The molecule has 0 aliphatic carbocycles. The number of nitrogens with zero attached hydrogens (tertiary/aromatic N) is 3. The second kappa shape index (κ2) is 8.86. The van der Waals surface area contributed by atoms with Gasteiger partial charge in [0.15, 0.2) is 5.17 Å². The number of esters is 1. The summed E-state index contributed by atoms with van der Waals surface area (Å²) in [4.78, 5) is 34.8. The van der Waals surface area contributed by atoms with Crippen LogP contribution in [0.5, 0.6) is 0 Å². The Morgan fingerprint density at radius 3 is 2.75 bits per heavy atom. The van der Waals surface area contributed by atoms with Gasteiger partial charge in [-0.25, -0.2) is 9.79 Å². The zero-order valence-corrected chi connectivity index (χ0v) is 16.5. The van der Waals surface area contributed by atoms with Gasteiger partial charge in [-0.3, -0.25) is 14.7 Å². The lowest BCUT2D eigenvalue weighted by Gasteiger charge is -2.12. The molecule has 1 amide bonds. The zero-order chi connectivity index (χ0) is 20.1. The van der Waals surface area contributed by atoms with Crippen LogP contribution in [0, 0.1) is 0 Å². The first-order valence-electron chi connectivity index (χ1n) is 8.22. The van der Waals surface area contributed by atoms with Gasteiger partial charge in [-0.15, -0.1) is 6.58 Å². The van der Waals surface area contributed by atoms with E-state index < -0.39 is 5.97 Å². The van der Waals surface area contributed by atoms with Gasteiger partial charge in [-0.05, 0) is 41.6 Å². The topological polar surface area (TPSA) is 71.9 Å². The van der Waals surface area contributed by atoms with Crippen molar-refractivity contribution in [3.05, 3.63) is 76.4 Å². The first-order chi connectivity index (χ1) is 13.5. The number of ether oxygens (including phenoxy) is 1. The van der Waals surface area contributed by atoms with Gasteiger partial charge in [0.05, 0.1) is 28.3 Å². The van der Waals surface area contributed by atoms with Gasteiger partial charge in [-0.1, -0.05) is 29.8 Å². The molecule has 8 heteroatoms. The van der Waals surface area contributed by atoms with Gasteiger partial charge in [0.1, 0.15) is 0 Å². The van der Waals surface area contributed by atoms with E-state index in [2.05, 4.69) is 21.3 Å². The number of halogens is 1. The molecule has 0 spiro atoms. The molecule has 1 aromatic heterocycles. The molecule has 1 fully saturated rings. The third-order valence-electron chi connectivity index (χ3n) is 3.80. The van der Waals surface area contributed by atoms with Gasteiger partial charge >= 0.3 is 5.97 Å². The van der Waals surface area contributed by atoms with Crippen LogP contribution in [-0.4, -0.2) is 40.6 Å². The van der Waals surface area contributed by atoms with Crippen molar-refractivity contribution in [2.75, 3.05) is 13.7 Å². The lowest BCUT2D eigenvalue weighted by Crippen LogP contribution is -2.29. The van der Waals surface area contributed by atoms with Crippen molar-refractivity contribution in [1.82, 2.24) is 9.88 Å². The molecule has 0 N–H and O–H groups in total. The first kappa shape index (κ1) is 19.9. The monoisotopic (exact) mass is 413 g/mol. The number of amides is 1. The van der Waals surface area contributed by atoms with E-state index in [1.807, 2.05) is 0 Å². The maximum absolute atomic E-state index is 12.8. The summed E-state index contributed by atoms with van der Waals surface area (Å²) in [5, 5.41) is 0.910. The number of methoxy groups -OCH3 is 1. The van der Waals surface area contributed by atoms with Crippen LogP contribution in [0.25, 0.3) is 6.08 Å². The van der Waals surface area contributed by atoms with Crippen molar-refractivity contribution in [3.63, 3.8) is 0 Å². The Morgan fingerprint density at radius 2 is 2.11 bits per heavy atom. The molecule has 28 heavy (non-hydrogen) atoms. The number of rotatable bonds is 5. The second-order valence-corrected chi connectivity index (χ2v) is 7.07. The fourth-order valence-corrected chi connectivity index (χ4v) is 3.59.